The van der Waals surface area contributed by atoms with Gasteiger partial charge < -0.3 is 10.2 Å². The Balaban J connectivity index is 2.06. The second kappa shape index (κ2) is 6.56. The third-order valence-electron chi connectivity index (χ3n) is 4.57. The highest BCUT2D eigenvalue weighted by Gasteiger charge is 2.50. The van der Waals surface area contributed by atoms with Crippen molar-refractivity contribution in [2.75, 3.05) is 52.1 Å². The summed E-state index contributed by atoms with van der Waals surface area (Å²) in [6, 6.07) is 0. The summed E-state index contributed by atoms with van der Waals surface area (Å²) < 4.78 is 60.2. The summed E-state index contributed by atoms with van der Waals surface area (Å²) in [6.07, 6.45) is -2.80. The van der Waals surface area contributed by atoms with Crippen LogP contribution >= 0.6 is 0 Å². The molecule has 6 nitrogen and oxygen atoms in total. The zero-order valence-electron chi connectivity index (χ0n) is 13.0. The Morgan fingerprint density at radius 1 is 1.13 bits per heavy atom. The number of carbonyl (C=O) groups is 1. The second-order valence-corrected chi connectivity index (χ2v) is 8.53. The van der Waals surface area contributed by atoms with Gasteiger partial charge in [0, 0.05) is 32.4 Å². The molecule has 0 aromatic carbocycles. The quantitative estimate of drug-likeness (QED) is 0.761. The number of nitrogens with zero attached hydrogens (tertiary/aromatic N) is 2. The van der Waals surface area contributed by atoms with Crippen LogP contribution < -0.4 is 5.32 Å². The number of amides is 1. The van der Waals surface area contributed by atoms with E-state index in [1.165, 1.54) is 9.80 Å². The summed E-state index contributed by atoms with van der Waals surface area (Å²) in [4.78, 5) is 15.4. The van der Waals surface area contributed by atoms with Crippen LogP contribution in [-0.2, 0) is 14.6 Å². The van der Waals surface area contributed by atoms with E-state index in [0.29, 0.717) is 13.1 Å². The molecule has 1 N–H and O–H groups in total. The lowest BCUT2D eigenvalue weighted by atomic mass is 9.95. The van der Waals surface area contributed by atoms with Crippen molar-refractivity contribution in [2.45, 2.75) is 23.8 Å². The van der Waals surface area contributed by atoms with Crippen LogP contribution in [0.5, 0.6) is 0 Å². The lowest BCUT2D eigenvalue weighted by Crippen LogP contribution is -2.61. The van der Waals surface area contributed by atoms with E-state index in [-0.39, 0.29) is 39.0 Å². The largest absolute Gasteiger partial charge is 0.401 e. The molecule has 0 radical (unpaired) electrons. The molecule has 2 aliphatic heterocycles. The molecular formula is C13H22F3N3O3S. The Hall–Kier alpha value is -0.870. The van der Waals surface area contributed by atoms with E-state index in [9.17, 15) is 26.4 Å². The smallest absolute Gasteiger partial charge is 0.339 e. The molecule has 0 spiro atoms. The first-order valence-corrected chi connectivity index (χ1v) is 9.43. The monoisotopic (exact) mass is 357 g/mol. The average molecular weight is 357 g/mol. The third-order valence-corrected chi connectivity index (χ3v) is 6.58. The minimum Gasteiger partial charge on any atom is -0.339 e. The highest BCUT2D eigenvalue weighted by Crippen LogP contribution is 2.30. The predicted molar refractivity (Wildman–Crippen MR) is 78.8 cm³/mol. The predicted octanol–water partition coefficient (Wildman–Crippen LogP) is -0.140. The van der Waals surface area contributed by atoms with Crippen LogP contribution in [0.15, 0.2) is 0 Å². The maximum absolute atomic E-state index is 12.8. The summed E-state index contributed by atoms with van der Waals surface area (Å²) in [6.45, 7) is 0.321. The van der Waals surface area contributed by atoms with Crippen molar-refractivity contribution >= 4 is 15.7 Å². The Bertz CT molecular complexity index is 536. The average Bonchev–Trinajstić information content (AvgIpc) is 2.45. The van der Waals surface area contributed by atoms with Gasteiger partial charge in [-0.05, 0) is 25.9 Å². The van der Waals surface area contributed by atoms with Gasteiger partial charge in [-0.25, -0.2) is 8.42 Å². The number of rotatable bonds is 3. The molecule has 23 heavy (non-hydrogen) atoms. The minimum atomic E-state index is -4.27. The summed E-state index contributed by atoms with van der Waals surface area (Å²) in [5.74, 6) is -0.465. The molecule has 0 saturated carbocycles. The summed E-state index contributed by atoms with van der Waals surface area (Å²) in [7, 11) is -3.60. The molecule has 0 atom stereocenters. The van der Waals surface area contributed by atoms with Gasteiger partial charge in [0.05, 0.1) is 6.54 Å². The van der Waals surface area contributed by atoms with Gasteiger partial charge in [0.1, 0.15) is 0 Å². The number of hydrogen-bond acceptors (Lipinski definition) is 5. The number of sulfone groups is 1. The first-order valence-electron chi connectivity index (χ1n) is 7.54. The lowest BCUT2D eigenvalue weighted by molar-refractivity contribution is -0.152. The molecule has 2 fully saturated rings. The van der Waals surface area contributed by atoms with E-state index in [1.54, 1.807) is 0 Å². The Labute approximate surface area is 133 Å². The molecule has 10 heteroatoms. The van der Waals surface area contributed by atoms with E-state index in [0.717, 1.165) is 6.26 Å². The molecule has 0 bridgehead atoms. The molecule has 2 rings (SSSR count). The summed E-state index contributed by atoms with van der Waals surface area (Å²) >= 11 is 0. The first-order chi connectivity index (χ1) is 10.6. The van der Waals surface area contributed by atoms with Crippen LogP contribution in [0.25, 0.3) is 0 Å². The van der Waals surface area contributed by atoms with E-state index in [1.807, 2.05) is 0 Å². The van der Waals surface area contributed by atoms with Crippen molar-refractivity contribution in [3.63, 3.8) is 0 Å². The molecule has 1 amide bonds. The fourth-order valence-electron chi connectivity index (χ4n) is 3.22. The fraction of sp³-hybridized carbons (Fsp3) is 0.923. The van der Waals surface area contributed by atoms with Crippen molar-refractivity contribution in [2.24, 2.45) is 0 Å². The number of halogens is 3. The van der Waals surface area contributed by atoms with Crippen molar-refractivity contribution in [3.8, 4) is 0 Å². The number of carbonyl (C=O) groups excluding carboxylic acids is 1. The van der Waals surface area contributed by atoms with Gasteiger partial charge in [0.25, 0.3) is 0 Å². The van der Waals surface area contributed by atoms with Gasteiger partial charge >= 0.3 is 6.18 Å². The van der Waals surface area contributed by atoms with Crippen LogP contribution in [0.2, 0.25) is 0 Å². The number of hydrogen-bond donors (Lipinski definition) is 1. The van der Waals surface area contributed by atoms with Crippen molar-refractivity contribution in [3.05, 3.63) is 0 Å². The van der Waals surface area contributed by atoms with E-state index in [4.69, 9.17) is 0 Å². The molecule has 2 aliphatic rings. The normalized spacial score (nSPS) is 23.7. The van der Waals surface area contributed by atoms with Crippen LogP contribution in [0, 0.1) is 0 Å². The maximum Gasteiger partial charge on any atom is 0.401 e. The molecular weight excluding hydrogens is 335 g/mol. The summed E-state index contributed by atoms with van der Waals surface area (Å²) in [5, 5.41) is 3.03. The van der Waals surface area contributed by atoms with E-state index >= 15 is 0 Å². The topological polar surface area (TPSA) is 69.7 Å². The van der Waals surface area contributed by atoms with Crippen LogP contribution in [0.3, 0.4) is 0 Å². The third kappa shape index (κ3) is 4.16. The molecule has 2 heterocycles. The van der Waals surface area contributed by atoms with Gasteiger partial charge in [-0.1, -0.05) is 0 Å². The van der Waals surface area contributed by atoms with Crippen molar-refractivity contribution in [1.29, 1.82) is 0 Å². The van der Waals surface area contributed by atoms with Crippen molar-refractivity contribution in [1.82, 2.24) is 15.1 Å². The molecule has 0 aromatic rings. The van der Waals surface area contributed by atoms with Crippen LogP contribution in [0.1, 0.15) is 12.8 Å². The maximum atomic E-state index is 12.8. The van der Waals surface area contributed by atoms with Crippen LogP contribution in [-0.4, -0.2) is 87.1 Å². The lowest BCUT2D eigenvalue weighted by Gasteiger charge is -2.42. The Kier molecular flexibility index (Phi) is 5.27. The highest BCUT2D eigenvalue weighted by molar-refractivity contribution is 7.92. The molecule has 0 unspecified atom stereocenters. The summed E-state index contributed by atoms with van der Waals surface area (Å²) in [5.41, 5.74) is 0. The fourth-order valence-corrected chi connectivity index (χ4v) is 4.62. The number of nitrogens with one attached hydrogen (secondary N) is 1. The molecule has 0 aliphatic carbocycles. The zero-order valence-corrected chi connectivity index (χ0v) is 13.8. The van der Waals surface area contributed by atoms with Gasteiger partial charge in [-0.15, -0.1) is 0 Å². The number of piperidine rings is 1. The molecule has 2 saturated heterocycles. The van der Waals surface area contributed by atoms with Gasteiger partial charge in [-0.3, -0.25) is 9.69 Å². The Morgan fingerprint density at radius 2 is 1.65 bits per heavy atom. The second-order valence-electron chi connectivity index (χ2n) is 6.20. The van der Waals surface area contributed by atoms with Gasteiger partial charge in [-0.2, -0.15) is 13.2 Å². The molecule has 0 aromatic heterocycles. The van der Waals surface area contributed by atoms with Gasteiger partial charge in [0.15, 0.2) is 14.6 Å². The van der Waals surface area contributed by atoms with E-state index < -0.39 is 33.2 Å². The van der Waals surface area contributed by atoms with E-state index in [2.05, 4.69) is 5.32 Å². The highest BCUT2D eigenvalue weighted by atomic mass is 32.2. The SMILES string of the molecule is CS(=O)(=O)C1(C(=O)N2CCN(CC(F)(F)F)CC2)CCNCC1. The molecule has 134 valence electrons. The van der Waals surface area contributed by atoms with Crippen molar-refractivity contribution < 1.29 is 26.4 Å². The first kappa shape index (κ1) is 18.5. The standard InChI is InChI=1S/C13H22F3N3O3S/c1-23(21,22)12(2-4-17-5-3-12)11(20)19-8-6-18(7-9-19)10-13(14,15)16/h17H,2-10H2,1H3. The van der Waals surface area contributed by atoms with Gasteiger partial charge in [0.2, 0.25) is 5.91 Å². The number of alkyl halides is 3. The minimum absolute atomic E-state index is 0.101. The zero-order chi connectivity index (χ0) is 17.3. The number of piperazine rings is 1. The van der Waals surface area contributed by atoms with Crippen LogP contribution in [0.4, 0.5) is 13.2 Å². The Morgan fingerprint density at radius 3 is 2.09 bits per heavy atom.